The highest BCUT2D eigenvalue weighted by molar-refractivity contribution is 6.35. The average Bonchev–Trinajstić information content (AvgIpc) is 3.39. The number of non-ortho nitro benzene ring substituents is 1. The van der Waals surface area contributed by atoms with Crippen LogP contribution in [0.4, 0.5) is 17.1 Å². The smallest absolute Gasteiger partial charge is 0.271 e. The number of nitro groups is 1. The SMILES string of the molecule is O=C1C2ON(c3cccc([N+](=O)[O-])c3)C(c3ccc(Cl)cc3Cl)C2C(=O)N1c1ccc2ccccc2c1. The van der Waals surface area contributed by atoms with Crippen molar-refractivity contribution in [3.63, 3.8) is 0 Å². The number of rotatable bonds is 4. The number of halogens is 2. The van der Waals surface area contributed by atoms with Gasteiger partial charge in [-0.25, -0.2) is 9.96 Å². The van der Waals surface area contributed by atoms with Crippen molar-refractivity contribution in [2.24, 2.45) is 5.92 Å². The molecule has 6 rings (SSSR count). The number of carbonyl (C=O) groups excluding carboxylic acids is 2. The molecular weight excluding hydrogens is 517 g/mol. The normalized spacial score (nSPS) is 21.1. The molecule has 2 fully saturated rings. The van der Waals surface area contributed by atoms with E-state index in [2.05, 4.69) is 0 Å². The standard InChI is InChI=1S/C27H17Cl2N3O5/c28-17-9-11-21(22(29)13-17)24-23-25(37-31(24)19-6-3-7-20(14-19)32(35)36)27(34)30(26(23)33)18-10-8-15-4-1-2-5-16(15)12-18/h1-14,23-25H. The van der Waals surface area contributed by atoms with Gasteiger partial charge in [-0.2, -0.15) is 0 Å². The van der Waals surface area contributed by atoms with Crippen LogP contribution in [0.1, 0.15) is 11.6 Å². The van der Waals surface area contributed by atoms with Gasteiger partial charge in [0.05, 0.1) is 22.3 Å². The fourth-order valence-corrected chi connectivity index (χ4v) is 5.53. The summed E-state index contributed by atoms with van der Waals surface area (Å²) in [5, 5.41) is 15.3. The molecule has 37 heavy (non-hydrogen) atoms. The number of fused-ring (bicyclic) bond motifs is 2. The number of nitrogens with zero attached hydrogens (tertiary/aromatic N) is 3. The molecule has 184 valence electrons. The lowest BCUT2D eigenvalue weighted by Gasteiger charge is -2.29. The van der Waals surface area contributed by atoms with E-state index in [0.29, 0.717) is 22.0 Å². The Balaban J connectivity index is 1.45. The van der Waals surface area contributed by atoms with Crippen molar-refractivity contribution in [1.82, 2.24) is 0 Å². The molecule has 4 aromatic carbocycles. The Morgan fingerprint density at radius 2 is 1.59 bits per heavy atom. The molecule has 2 saturated heterocycles. The largest absolute Gasteiger partial charge is 0.273 e. The van der Waals surface area contributed by atoms with Crippen LogP contribution in [0.25, 0.3) is 10.8 Å². The summed E-state index contributed by atoms with van der Waals surface area (Å²) in [6.07, 6.45) is -1.14. The van der Waals surface area contributed by atoms with E-state index in [1.807, 2.05) is 30.3 Å². The van der Waals surface area contributed by atoms with Crippen molar-refractivity contribution in [3.05, 3.63) is 111 Å². The molecule has 2 amide bonds. The summed E-state index contributed by atoms with van der Waals surface area (Å²) in [6.45, 7) is 0. The van der Waals surface area contributed by atoms with Crippen molar-refractivity contribution in [2.45, 2.75) is 12.1 Å². The zero-order chi connectivity index (χ0) is 25.8. The van der Waals surface area contributed by atoms with Crippen LogP contribution in [0.15, 0.2) is 84.9 Å². The maximum atomic E-state index is 13.9. The summed E-state index contributed by atoms with van der Waals surface area (Å²) in [4.78, 5) is 45.6. The van der Waals surface area contributed by atoms with E-state index in [1.165, 1.54) is 23.3 Å². The molecule has 0 saturated carbocycles. The molecule has 2 aliphatic heterocycles. The van der Waals surface area contributed by atoms with Gasteiger partial charge in [-0.3, -0.25) is 24.5 Å². The van der Waals surface area contributed by atoms with E-state index < -0.39 is 34.8 Å². The van der Waals surface area contributed by atoms with Crippen LogP contribution in [-0.2, 0) is 14.4 Å². The van der Waals surface area contributed by atoms with Crippen molar-refractivity contribution < 1.29 is 19.3 Å². The summed E-state index contributed by atoms with van der Waals surface area (Å²) in [5.41, 5.74) is 1.10. The Kier molecular flexibility index (Phi) is 5.60. The Labute approximate surface area is 220 Å². The minimum Gasteiger partial charge on any atom is -0.273 e. The molecule has 10 heteroatoms. The summed E-state index contributed by atoms with van der Waals surface area (Å²) in [7, 11) is 0. The molecule has 2 heterocycles. The van der Waals surface area contributed by atoms with Crippen molar-refractivity contribution in [1.29, 1.82) is 0 Å². The lowest BCUT2D eigenvalue weighted by atomic mass is 9.90. The zero-order valence-electron chi connectivity index (χ0n) is 19.0. The lowest BCUT2D eigenvalue weighted by molar-refractivity contribution is -0.384. The van der Waals surface area contributed by atoms with Crippen molar-refractivity contribution in [3.8, 4) is 0 Å². The molecule has 0 N–H and O–H groups in total. The van der Waals surface area contributed by atoms with Gasteiger partial charge < -0.3 is 0 Å². The van der Waals surface area contributed by atoms with E-state index in [-0.39, 0.29) is 10.7 Å². The van der Waals surface area contributed by atoms with Crippen LogP contribution in [-0.4, -0.2) is 22.8 Å². The van der Waals surface area contributed by atoms with Crippen LogP contribution in [0, 0.1) is 16.0 Å². The summed E-state index contributed by atoms with van der Waals surface area (Å²) in [5.74, 6) is -1.92. The second kappa shape index (κ2) is 8.85. The fourth-order valence-electron chi connectivity index (χ4n) is 5.01. The number of hydroxylamine groups is 1. The van der Waals surface area contributed by atoms with E-state index in [4.69, 9.17) is 28.0 Å². The monoisotopic (exact) mass is 533 g/mol. The van der Waals surface area contributed by atoms with Gasteiger partial charge in [-0.1, -0.05) is 65.7 Å². The third-order valence-corrected chi connectivity index (χ3v) is 7.25. The number of carbonyl (C=O) groups is 2. The maximum Gasteiger partial charge on any atom is 0.271 e. The lowest BCUT2D eigenvalue weighted by Crippen LogP contribution is -2.37. The second-order valence-corrected chi connectivity index (χ2v) is 9.65. The highest BCUT2D eigenvalue weighted by atomic mass is 35.5. The van der Waals surface area contributed by atoms with E-state index in [0.717, 1.165) is 15.7 Å². The summed E-state index contributed by atoms with van der Waals surface area (Å²) < 4.78 is 0. The third-order valence-electron chi connectivity index (χ3n) is 6.68. The molecule has 0 bridgehead atoms. The van der Waals surface area contributed by atoms with Crippen molar-refractivity contribution in [2.75, 3.05) is 9.96 Å². The van der Waals surface area contributed by atoms with E-state index in [1.54, 1.807) is 36.4 Å². The highest BCUT2D eigenvalue weighted by Crippen LogP contribution is 2.49. The van der Waals surface area contributed by atoms with Crippen molar-refractivity contribution >= 4 is 62.9 Å². The first kappa shape index (κ1) is 23.4. The fraction of sp³-hybridized carbons (Fsp3) is 0.111. The number of hydrogen-bond acceptors (Lipinski definition) is 6. The molecule has 2 aliphatic rings. The van der Waals surface area contributed by atoms with Crippen LogP contribution >= 0.6 is 23.2 Å². The number of hydrogen-bond donors (Lipinski definition) is 0. The minimum absolute atomic E-state index is 0.158. The van der Waals surface area contributed by atoms with Crippen LogP contribution in [0.3, 0.4) is 0 Å². The van der Waals surface area contributed by atoms with Crippen LogP contribution in [0.5, 0.6) is 0 Å². The Morgan fingerprint density at radius 1 is 0.811 bits per heavy atom. The van der Waals surface area contributed by atoms with E-state index in [9.17, 15) is 19.7 Å². The van der Waals surface area contributed by atoms with Crippen LogP contribution < -0.4 is 9.96 Å². The highest BCUT2D eigenvalue weighted by Gasteiger charge is 2.60. The Morgan fingerprint density at radius 3 is 2.35 bits per heavy atom. The molecular formula is C27H17Cl2N3O5. The first-order valence-corrected chi connectivity index (χ1v) is 12.1. The summed E-state index contributed by atoms with van der Waals surface area (Å²) >= 11 is 12.7. The molecule has 0 aliphatic carbocycles. The van der Waals surface area contributed by atoms with Gasteiger partial charge in [0.15, 0.2) is 6.10 Å². The number of amides is 2. The minimum atomic E-state index is -1.14. The van der Waals surface area contributed by atoms with Gasteiger partial charge in [-0.15, -0.1) is 0 Å². The second-order valence-electron chi connectivity index (χ2n) is 8.81. The topological polar surface area (TPSA) is 93.0 Å². The first-order chi connectivity index (χ1) is 17.8. The van der Waals surface area contributed by atoms with Gasteiger partial charge in [0.2, 0.25) is 5.91 Å². The number of anilines is 2. The molecule has 0 radical (unpaired) electrons. The van der Waals surface area contributed by atoms with Gasteiger partial charge >= 0.3 is 0 Å². The molecule has 0 aromatic heterocycles. The molecule has 3 atom stereocenters. The Hall–Kier alpha value is -3.98. The van der Waals surface area contributed by atoms with Gasteiger partial charge in [-0.05, 0) is 46.7 Å². The third kappa shape index (κ3) is 3.81. The number of nitro benzene ring substituents is 1. The quantitative estimate of drug-likeness (QED) is 0.178. The predicted molar refractivity (Wildman–Crippen MR) is 140 cm³/mol. The first-order valence-electron chi connectivity index (χ1n) is 11.4. The Bertz CT molecular complexity index is 1610. The average molecular weight is 534 g/mol. The molecule has 0 spiro atoms. The van der Waals surface area contributed by atoms with Crippen LogP contribution in [0.2, 0.25) is 10.0 Å². The molecule has 3 unspecified atom stereocenters. The number of benzene rings is 4. The molecule has 8 nitrogen and oxygen atoms in total. The van der Waals surface area contributed by atoms with E-state index >= 15 is 0 Å². The predicted octanol–water partition coefficient (Wildman–Crippen LogP) is 6.11. The van der Waals surface area contributed by atoms with Gasteiger partial charge in [0, 0.05) is 22.2 Å². The van der Waals surface area contributed by atoms with Gasteiger partial charge in [0.1, 0.15) is 5.92 Å². The maximum absolute atomic E-state index is 13.9. The van der Waals surface area contributed by atoms with Gasteiger partial charge in [0.25, 0.3) is 11.6 Å². The number of imide groups is 1. The zero-order valence-corrected chi connectivity index (χ0v) is 20.5. The summed E-state index contributed by atoms with van der Waals surface area (Å²) in [6, 6.07) is 22.8. The molecule has 4 aromatic rings.